The van der Waals surface area contributed by atoms with Crippen LogP contribution >= 0.6 is 0 Å². The highest BCUT2D eigenvalue weighted by atomic mass is 16.2. The SMILES string of the molecule is CCc1cc[n+](CC(=O)N[C@H](C)c2ccccc2)cc1. The third kappa shape index (κ3) is 3.92. The van der Waals surface area contributed by atoms with Gasteiger partial charge in [-0.25, -0.2) is 0 Å². The molecular formula is C17H21N2O+. The summed E-state index contributed by atoms with van der Waals surface area (Å²) >= 11 is 0. The van der Waals surface area contributed by atoms with Gasteiger partial charge in [-0.2, -0.15) is 4.57 Å². The summed E-state index contributed by atoms with van der Waals surface area (Å²) in [5, 5.41) is 3.01. The van der Waals surface area contributed by atoms with Gasteiger partial charge in [0.15, 0.2) is 12.4 Å². The first kappa shape index (κ1) is 14.3. The second-order valence-corrected chi connectivity index (χ2v) is 4.93. The molecule has 2 aromatic rings. The number of hydrogen-bond donors (Lipinski definition) is 1. The number of rotatable bonds is 5. The molecule has 1 aromatic carbocycles. The van der Waals surface area contributed by atoms with Crippen molar-refractivity contribution in [1.29, 1.82) is 0 Å². The number of hydrogen-bond acceptors (Lipinski definition) is 1. The van der Waals surface area contributed by atoms with E-state index in [0.29, 0.717) is 6.54 Å². The number of carbonyl (C=O) groups is 1. The summed E-state index contributed by atoms with van der Waals surface area (Å²) in [6.07, 6.45) is 4.91. The minimum absolute atomic E-state index is 0.0237. The first-order chi connectivity index (χ1) is 9.69. The lowest BCUT2D eigenvalue weighted by atomic mass is 10.1. The number of aryl methyl sites for hydroxylation is 1. The van der Waals surface area contributed by atoms with Gasteiger partial charge in [0.1, 0.15) is 0 Å². The quantitative estimate of drug-likeness (QED) is 0.831. The highest BCUT2D eigenvalue weighted by molar-refractivity contribution is 5.74. The van der Waals surface area contributed by atoms with Gasteiger partial charge >= 0.3 is 0 Å². The van der Waals surface area contributed by atoms with E-state index in [0.717, 1.165) is 12.0 Å². The van der Waals surface area contributed by atoms with Gasteiger partial charge in [0.25, 0.3) is 5.91 Å². The molecule has 1 aromatic heterocycles. The fourth-order valence-electron chi connectivity index (χ4n) is 2.11. The smallest absolute Gasteiger partial charge is 0.286 e. The number of aromatic nitrogens is 1. The van der Waals surface area contributed by atoms with Crippen LogP contribution in [0.5, 0.6) is 0 Å². The van der Waals surface area contributed by atoms with Crippen molar-refractivity contribution in [2.75, 3.05) is 0 Å². The van der Waals surface area contributed by atoms with E-state index < -0.39 is 0 Å². The van der Waals surface area contributed by atoms with Crippen LogP contribution in [-0.4, -0.2) is 5.91 Å². The fourth-order valence-corrected chi connectivity index (χ4v) is 2.11. The summed E-state index contributed by atoms with van der Waals surface area (Å²) in [6.45, 7) is 4.47. The largest absolute Gasteiger partial charge is 0.344 e. The first-order valence-electron chi connectivity index (χ1n) is 7.01. The molecule has 0 saturated heterocycles. The molecule has 0 fully saturated rings. The molecule has 3 nitrogen and oxygen atoms in total. The summed E-state index contributed by atoms with van der Waals surface area (Å²) in [5.74, 6) is 0.0237. The van der Waals surface area contributed by atoms with E-state index in [2.05, 4.69) is 12.2 Å². The predicted octanol–water partition coefficient (Wildman–Crippen LogP) is 2.41. The molecule has 1 amide bonds. The molecule has 0 aliphatic carbocycles. The molecule has 20 heavy (non-hydrogen) atoms. The van der Waals surface area contributed by atoms with Gasteiger partial charge in [-0.15, -0.1) is 0 Å². The van der Waals surface area contributed by atoms with E-state index >= 15 is 0 Å². The Morgan fingerprint density at radius 3 is 2.40 bits per heavy atom. The Labute approximate surface area is 120 Å². The van der Waals surface area contributed by atoms with E-state index in [9.17, 15) is 4.79 Å². The maximum absolute atomic E-state index is 12.0. The number of benzene rings is 1. The zero-order valence-corrected chi connectivity index (χ0v) is 12.0. The van der Waals surface area contributed by atoms with Crippen molar-refractivity contribution < 1.29 is 9.36 Å². The lowest BCUT2D eigenvalue weighted by Gasteiger charge is -2.12. The van der Waals surface area contributed by atoms with Gasteiger partial charge in [0.05, 0.1) is 6.04 Å². The molecule has 2 rings (SSSR count). The van der Waals surface area contributed by atoms with E-state index in [1.807, 2.05) is 66.3 Å². The van der Waals surface area contributed by atoms with Crippen molar-refractivity contribution in [3.05, 3.63) is 66.0 Å². The minimum atomic E-state index is 0.0237. The van der Waals surface area contributed by atoms with Gasteiger partial charge in [-0.05, 0) is 24.5 Å². The molecule has 0 aliphatic rings. The number of nitrogens with zero attached hydrogens (tertiary/aromatic N) is 1. The van der Waals surface area contributed by atoms with Crippen LogP contribution in [-0.2, 0) is 17.8 Å². The molecule has 0 aliphatic heterocycles. The Morgan fingerprint density at radius 1 is 1.15 bits per heavy atom. The summed E-state index contributed by atoms with van der Waals surface area (Å²) < 4.78 is 1.90. The van der Waals surface area contributed by atoms with Crippen molar-refractivity contribution in [1.82, 2.24) is 5.32 Å². The maximum Gasteiger partial charge on any atom is 0.286 e. The molecule has 1 N–H and O–H groups in total. The normalized spacial score (nSPS) is 11.9. The van der Waals surface area contributed by atoms with Crippen molar-refractivity contribution in [3.63, 3.8) is 0 Å². The topological polar surface area (TPSA) is 33.0 Å². The van der Waals surface area contributed by atoms with E-state index in [-0.39, 0.29) is 11.9 Å². The highest BCUT2D eigenvalue weighted by Gasteiger charge is 2.13. The lowest BCUT2D eigenvalue weighted by molar-refractivity contribution is -0.684. The van der Waals surface area contributed by atoms with Gasteiger partial charge < -0.3 is 5.32 Å². The molecule has 0 saturated carbocycles. The number of nitrogens with one attached hydrogen (secondary N) is 1. The second-order valence-electron chi connectivity index (χ2n) is 4.93. The van der Waals surface area contributed by atoms with Crippen molar-refractivity contribution in [2.45, 2.75) is 32.9 Å². The number of carbonyl (C=O) groups excluding carboxylic acids is 1. The van der Waals surface area contributed by atoms with Crippen LogP contribution in [0.1, 0.15) is 31.0 Å². The zero-order chi connectivity index (χ0) is 14.4. The molecule has 3 heteroatoms. The highest BCUT2D eigenvalue weighted by Crippen LogP contribution is 2.10. The zero-order valence-electron chi connectivity index (χ0n) is 12.0. The van der Waals surface area contributed by atoms with E-state index in [4.69, 9.17) is 0 Å². The minimum Gasteiger partial charge on any atom is -0.344 e. The summed E-state index contributed by atoms with van der Waals surface area (Å²) in [6, 6.07) is 14.1. The van der Waals surface area contributed by atoms with Crippen LogP contribution in [0.2, 0.25) is 0 Å². The Hall–Kier alpha value is -2.16. The average molecular weight is 269 g/mol. The molecule has 0 bridgehead atoms. The molecule has 1 atom stereocenters. The van der Waals surface area contributed by atoms with Crippen molar-refractivity contribution in [3.8, 4) is 0 Å². The molecule has 0 spiro atoms. The van der Waals surface area contributed by atoms with Gasteiger partial charge in [0.2, 0.25) is 6.54 Å². The first-order valence-corrected chi connectivity index (χ1v) is 7.01. The van der Waals surface area contributed by atoms with Crippen molar-refractivity contribution in [2.24, 2.45) is 0 Å². The Morgan fingerprint density at radius 2 is 1.80 bits per heavy atom. The van der Waals surface area contributed by atoms with Crippen LogP contribution in [0.25, 0.3) is 0 Å². The van der Waals surface area contributed by atoms with Crippen LogP contribution in [0, 0.1) is 0 Å². The predicted molar refractivity (Wildman–Crippen MR) is 79.0 cm³/mol. The Bertz CT molecular complexity index is 549. The number of pyridine rings is 1. The molecule has 1 heterocycles. The third-order valence-electron chi connectivity index (χ3n) is 3.37. The van der Waals surface area contributed by atoms with Crippen LogP contribution in [0.3, 0.4) is 0 Å². The van der Waals surface area contributed by atoms with Crippen LogP contribution in [0.15, 0.2) is 54.9 Å². The van der Waals surface area contributed by atoms with Gasteiger partial charge in [-0.1, -0.05) is 37.3 Å². The molecule has 0 unspecified atom stereocenters. The van der Waals surface area contributed by atoms with E-state index in [1.54, 1.807) is 0 Å². The third-order valence-corrected chi connectivity index (χ3v) is 3.37. The van der Waals surface area contributed by atoms with Crippen LogP contribution in [0.4, 0.5) is 0 Å². The van der Waals surface area contributed by atoms with Crippen molar-refractivity contribution >= 4 is 5.91 Å². The monoisotopic (exact) mass is 269 g/mol. The second kappa shape index (κ2) is 6.85. The number of amides is 1. The summed E-state index contributed by atoms with van der Waals surface area (Å²) in [4.78, 5) is 12.0. The lowest BCUT2D eigenvalue weighted by Crippen LogP contribution is -2.43. The Balaban J connectivity index is 1.91. The molecular weight excluding hydrogens is 248 g/mol. The fraction of sp³-hybridized carbons (Fsp3) is 0.294. The van der Waals surface area contributed by atoms with E-state index in [1.165, 1.54) is 5.56 Å². The van der Waals surface area contributed by atoms with Gasteiger partial charge in [-0.3, -0.25) is 4.79 Å². The Kier molecular flexibility index (Phi) is 4.88. The van der Waals surface area contributed by atoms with Crippen LogP contribution < -0.4 is 9.88 Å². The summed E-state index contributed by atoms with van der Waals surface area (Å²) in [5.41, 5.74) is 2.39. The summed E-state index contributed by atoms with van der Waals surface area (Å²) in [7, 11) is 0. The average Bonchev–Trinajstić information content (AvgIpc) is 2.49. The maximum atomic E-state index is 12.0. The standard InChI is InChI=1S/C17H20N2O/c1-3-15-9-11-19(12-10-15)13-17(20)18-14(2)16-7-5-4-6-8-16/h4-12,14H,3,13H2,1-2H3/p+1/t14-/m1/s1. The molecule has 104 valence electrons. The van der Waals surface area contributed by atoms with Gasteiger partial charge in [0, 0.05) is 12.1 Å². The molecule has 0 radical (unpaired) electrons.